The molecule has 1 aliphatic rings. The van der Waals surface area contributed by atoms with Crippen molar-refractivity contribution in [2.24, 2.45) is 0 Å². The van der Waals surface area contributed by atoms with Gasteiger partial charge in [-0.25, -0.2) is 0 Å². The van der Waals surface area contributed by atoms with Crippen LogP contribution in [-0.2, 0) is 9.59 Å². The van der Waals surface area contributed by atoms with Crippen LogP contribution in [-0.4, -0.2) is 11.6 Å². The first kappa shape index (κ1) is 10.6. The number of ketones is 2. The largest absolute Gasteiger partial charge is 0.299 e. The Labute approximate surface area is 96.8 Å². The number of carbonyl (C=O) groups excluding carboxylic acids is 2. The Balaban J connectivity index is 2.31. The van der Waals surface area contributed by atoms with Gasteiger partial charge in [-0.05, 0) is 24.1 Å². The molecule has 0 aliphatic heterocycles. The molecule has 0 unspecified atom stereocenters. The van der Waals surface area contributed by atoms with E-state index in [0.717, 1.165) is 10.0 Å². The maximum Gasteiger partial charge on any atom is 0.147 e. The normalized spacial score (nSPS) is 18.2. The highest BCUT2D eigenvalue weighted by atomic mass is 79.9. The maximum absolute atomic E-state index is 11.7. The molecule has 0 atom stereocenters. The number of halogens is 1. The molecule has 1 fully saturated rings. The number of hydrogen-bond donors (Lipinski definition) is 0. The zero-order valence-corrected chi connectivity index (χ0v) is 9.79. The molecule has 0 heterocycles. The molecule has 0 spiro atoms. The second-order valence-corrected chi connectivity index (χ2v) is 4.69. The van der Waals surface area contributed by atoms with Crippen LogP contribution in [0.3, 0.4) is 0 Å². The Kier molecular flexibility index (Phi) is 3.00. The summed E-state index contributed by atoms with van der Waals surface area (Å²) >= 11 is 3.33. The first-order valence-electron chi connectivity index (χ1n) is 4.99. The summed E-state index contributed by atoms with van der Waals surface area (Å²) in [5.41, 5.74) is 0.827. The van der Waals surface area contributed by atoms with E-state index in [1.807, 2.05) is 24.3 Å². The highest BCUT2D eigenvalue weighted by Gasteiger charge is 2.30. The van der Waals surface area contributed by atoms with Crippen LogP contribution in [0.4, 0.5) is 0 Å². The predicted octanol–water partition coefficient (Wildman–Crippen LogP) is 2.85. The van der Waals surface area contributed by atoms with Crippen LogP contribution < -0.4 is 0 Å². The zero-order chi connectivity index (χ0) is 10.8. The molecule has 0 N–H and O–H groups in total. The molecule has 15 heavy (non-hydrogen) atoms. The van der Waals surface area contributed by atoms with Crippen LogP contribution in [0.5, 0.6) is 0 Å². The summed E-state index contributed by atoms with van der Waals surface area (Å²) in [6.07, 6.45) is 1.78. The van der Waals surface area contributed by atoms with Crippen molar-refractivity contribution in [2.45, 2.75) is 25.2 Å². The monoisotopic (exact) mass is 266 g/mol. The van der Waals surface area contributed by atoms with Gasteiger partial charge in [0.1, 0.15) is 17.5 Å². The summed E-state index contributed by atoms with van der Waals surface area (Å²) in [5.74, 6) is -0.381. The number of rotatable bonds is 1. The van der Waals surface area contributed by atoms with Crippen LogP contribution in [0.25, 0.3) is 0 Å². The van der Waals surface area contributed by atoms with E-state index in [-0.39, 0.29) is 11.6 Å². The molecule has 0 saturated heterocycles. The van der Waals surface area contributed by atoms with Gasteiger partial charge in [0.2, 0.25) is 0 Å². The van der Waals surface area contributed by atoms with Gasteiger partial charge < -0.3 is 0 Å². The molecule has 2 nitrogen and oxygen atoms in total. The summed E-state index contributed by atoms with van der Waals surface area (Å²) < 4.78 is 0.960. The third-order valence-corrected chi connectivity index (χ3v) is 3.22. The Hall–Kier alpha value is -0.960. The first-order valence-corrected chi connectivity index (χ1v) is 5.78. The van der Waals surface area contributed by atoms with Crippen LogP contribution in [0.2, 0.25) is 0 Å². The molecule has 1 aromatic rings. The minimum Gasteiger partial charge on any atom is -0.299 e. The van der Waals surface area contributed by atoms with E-state index in [1.54, 1.807) is 0 Å². The average molecular weight is 267 g/mol. The predicted molar refractivity (Wildman–Crippen MR) is 60.7 cm³/mol. The lowest BCUT2D eigenvalue weighted by Gasteiger charge is -2.19. The van der Waals surface area contributed by atoms with E-state index in [9.17, 15) is 9.59 Å². The van der Waals surface area contributed by atoms with Gasteiger partial charge in [-0.1, -0.05) is 28.1 Å². The third-order valence-electron chi connectivity index (χ3n) is 2.69. The van der Waals surface area contributed by atoms with Gasteiger partial charge in [0, 0.05) is 17.3 Å². The lowest BCUT2D eigenvalue weighted by Crippen LogP contribution is -2.26. The number of Topliss-reactive ketones (excluding diaryl/α,β-unsaturated/α-hetero) is 2. The Morgan fingerprint density at radius 1 is 1.00 bits per heavy atom. The average Bonchev–Trinajstić information content (AvgIpc) is 2.20. The van der Waals surface area contributed by atoms with Crippen LogP contribution in [0.15, 0.2) is 28.7 Å². The van der Waals surface area contributed by atoms with E-state index in [1.165, 1.54) is 0 Å². The lowest BCUT2D eigenvalue weighted by molar-refractivity contribution is -0.131. The summed E-state index contributed by atoms with van der Waals surface area (Å²) in [6.45, 7) is 0. The molecule has 3 heteroatoms. The van der Waals surface area contributed by atoms with Crippen molar-refractivity contribution in [1.82, 2.24) is 0 Å². The van der Waals surface area contributed by atoms with E-state index in [4.69, 9.17) is 0 Å². The molecule has 0 amide bonds. The number of carbonyl (C=O) groups is 2. The second-order valence-electron chi connectivity index (χ2n) is 3.77. The zero-order valence-electron chi connectivity index (χ0n) is 8.20. The molecule has 2 rings (SSSR count). The van der Waals surface area contributed by atoms with Crippen molar-refractivity contribution in [3.63, 3.8) is 0 Å². The van der Waals surface area contributed by atoms with Gasteiger partial charge >= 0.3 is 0 Å². The van der Waals surface area contributed by atoms with Gasteiger partial charge in [0.15, 0.2) is 0 Å². The molecule has 0 bridgehead atoms. The summed E-state index contributed by atoms with van der Waals surface area (Å²) in [4.78, 5) is 23.3. The minimum absolute atomic E-state index is 0.0635. The smallest absolute Gasteiger partial charge is 0.147 e. The van der Waals surface area contributed by atoms with E-state index in [2.05, 4.69) is 15.9 Å². The van der Waals surface area contributed by atoms with E-state index >= 15 is 0 Å². The van der Waals surface area contributed by atoms with E-state index in [0.29, 0.717) is 19.3 Å². The van der Waals surface area contributed by atoms with Gasteiger partial charge in [-0.3, -0.25) is 9.59 Å². The van der Waals surface area contributed by atoms with Crippen molar-refractivity contribution < 1.29 is 9.59 Å². The van der Waals surface area contributed by atoms with Gasteiger partial charge in [0.05, 0.1) is 0 Å². The SMILES string of the molecule is O=C1CCCC(=O)C1c1ccc(Br)cc1. The standard InChI is InChI=1S/C12H11BrO2/c13-9-6-4-8(5-7-9)12-10(14)2-1-3-11(12)15/h4-7,12H,1-3H2. The Morgan fingerprint density at radius 3 is 2.07 bits per heavy atom. The fourth-order valence-corrected chi connectivity index (χ4v) is 2.20. The van der Waals surface area contributed by atoms with Crippen molar-refractivity contribution in [2.75, 3.05) is 0 Å². The summed E-state index contributed by atoms with van der Waals surface area (Å²) in [6, 6.07) is 7.42. The van der Waals surface area contributed by atoms with Crippen molar-refractivity contribution >= 4 is 27.5 Å². The topological polar surface area (TPSA) is 34.1 Å². The number of hydrogen-bond acceptors (Lipinski definition) is 2. The van der Waals surface area contributed by atoms with Crippen LogP contribution >= 0.6 is 15.9 Å². The molecule has 0 radical (unpaired) electrons. The Bertz CT molecular complexity index is 379. The molecular weight excluding hydrogens is 256 g/mol. The first-order chi connectivity index (χ1) is 7.18. The quantitative estimate of drug-likeness (QED) is 0.733. The van der Waals surface area contributed by atoms with Crippen molar-refractivity contribution in [3.8, 4) is 0 Å². The number of benzene rings is 1. The fraction of sp³-hybridized carbons (Fsp3) is 0.333. The lowest BCUT2D eigenvalue weighted by atomic mass is 9.82. The molecule has 1 aromatic carbocycles. The van der Waals surface area contributed by atoms with Crippen molar-refractivity contribution in [3.05, 3.63) is 34.3 Å². The molecule has 0 aromatic heterocycles. The van der Waals surface area contributed by atoms with Crippen LogP contribution in [0, 0.1) is 0 Å². The fourth-order valence-electron chi connectivity index (χ4n) is 1.93. The van der Waals surface area contributed by atoms with Gasteiger partial charge in [-0.15, -0.1) is 0 Å². The molecule has 78 valence electrons. The maximum atomic E-state index is 11.7. The molecule has 1 aliphatic carbocycles. The van der Waals surface area contributed by atoms with E-state index < -0.39 is 5.92 Å². The molecule has 1 saturated carbocycles. The van der Waals surface area contributed by atoms with Gasteiger partial charge in [-0.2, -0.15) is 0 Å². The van der Waals surface area contributed by atoms with Crippen LogP contribution in [0.1, 0.15) is 30.7 Å². The highest BCUT2D eigenvalue weighted by molar-refractivity contribution is 9.10. The minimum atomic E-state index is -0.508. The molecular formula is C12H11BrO2. The van der Waals surface area contributed by atoms with Crippen molar-refractivity contribution in [1.29, 1.82) is 0 Å². The summed E-state index contributed by atoms with van der Waals surface area (Å²) in [7, 11) is 0. The Morgan fingerprint density at radius 2 is 1.53 bits per heavy atom. The summed E-state index contributed by atoms with van der Waals surface area (Å²) in [5, 5.41) is 0. The highest BCUT2D eigenvalue weighted by Crippen LogP contribution is 2.27. The third kappa shape index (κ3) is 2.17. The van der Waals surface area contributed by atoms with Gasteiger partial charge in [0.25, 0.3) is 0 Å². The second kappa shape index (κ2) is 4.27.